The van der Waals surface area contributed by atoms with Crippen molar-refractivity contribution < 1.29 is 9.90 Å². The molecule has 1 aliphatic rings. The zero-order chi connectivity index (χ0) is 17.2. The van der Waals surface area contributed by atoms with E-state index in [0.717, 1.165) is 5.56 Å². The Bertz CT molecular complexity index is 704. The molecule has 0 aromatic carbocycles. The molecule has 3 heterocycles. The standard InChI is InChI=1S/C16H22N6O2/c1-11-2-3-12(18-10-11)16(24)6-8-22(9-7-16)14(23)5-4-13-19-15(17)21-20-13/h2-3,10,24H,4-9H2,1H3,(H3,17,19,20,21). The van der Waals surface area contributed by atoms with E-state index in [2.05, 4.69) is 20.2 Å². The fraction of sp³-hybridized carbons (Fsp3) is 0.500. The van der Waals surface area contributed by atoms with E-state index in [1.807, 2.05) is 19.1 Å². The first-order chi connectivity index (χ1) is 11.5. The van der Waals surface area contributed by atoms with Gasteiger partial charge in [0.1, 0.15) is 11.4 Å². The number of rotatable bonds is 4. The predicted octanol–water partition coefficient (Wildman–Crippen LogP) is 0.533. The quantitative estimate of drug-likeness (QED) is 0.752. The van der Waals surface area contributed by atoms with E-state index < -0.39 is 5.60 Å². The Balaban J connectivity index is 1.54. The molecular weight excluding hydrogens is 308 g/mol. The van der Waals surface area contributed by atoms with Gasteiger partial charge >= 0.3 is 0 Å². The number of likely N-dealkylation sites (tertiary alicyclic amines) is 1. The molecule has 2 aromatic rings. The molecule has 24 heavy (non-hydrogen) atoms. The van der Waals surface area contributed by atoms with E-state index in [1.165, 1.54) is 0 Å². The highest BCUT2D eigenvalue weighted by Gasteiger charge is 2.36. The number of nitrogens with one attached hydrogen (secondary N) is 1. The Kier molecular flexibility index (Phi) is 4.48. The smallest absolute Gasteiger partial charge is 0.239 e. The molecule has 4 N–H and O–H groups in total. The van der Waals surface area contributed by atoms with Crippen molar-refractivity contribution in [1.29, 1.82) is 0 Å². The molecule has 0 bridgehead atoms. The summed E-state index contributed by atoms with van der Waals surface area (Å²) in [6.07, 6.45) is 3.56. The monoisotopic (exact) mass is 330 g/mol. The van der Waals surface area contributed by atoms with Crippen LogP contribution in [0, 0.1) is 6.92 Å². The number of amides is 1. The van der Waals surface area contributed by atoms with Crippen molar-refractivity contribution in [2.45, 2.75) is 38.2 Å². The van der Waals surface area contributed by atoms with Gasteiger partial charge in [-0.15, -0.1) is 5.10 Å². The fourth-order valence-electron chi connectivity index (χ4n) is 2.93. The zero-order valence-corrected chi connectivity index (χ0v) is 13.7. The summed E-state index contributed by atoms with van der Waals surface area (Å²) in [5, 5.41) is 17.2. The van der Waals surface area contributed by atoms with Gasteiger partial charge in [0.15, 0.2) is 0 Å². The van der Waals surface area contributed by atoms with Crippen LogP contribution in [-0.4, -0.2) is 49.2 Å². The number of nitrogens with two attached hydrogens (primary N) is 1. The SMILES string of the molecule is Cc1ccc(C2(O)CCN(C(=O)CCc3nc(N)n[nH]3)CC2)nc1. The number of piperidine rings is 1. The summed E-state index contributed by atoms with van der Waals surface area (Å²) >= 11 is 0. The molecule has 1 fully saturated rings. The molecule has 0 radical (unpaired) electrons. The molecule has 1 saturated heterocycles. The van der Waals surface area contributed by atoms with Crippen molar-refractivity contribution in [3.63, 3.8) is 0 Å². The van der Waals surface area contributed by atoms with Gasteiger partial charge < -0.3 is 15.7 Å². The largest absolute Gasteiger partial charge is 0.383 e. The molecule has 0 atom stereocenters. The van der Waals surface area contributed by atoms with E-state index in [9.17, 15) is 9.90 Å². The number of pyridine rings is 1. The van der Waals surface area contributed by atoms with Crippen molar-refractivity contribution in [1.82, 2.24) is 25.1 Å². The number of carbonyl (C=O) groups is 1. The number of anilines is 1. The highest BCUT2D eigenvalue weighted by molar-refractivity contribution is 5.76. The predicted molar refractivity (Wildman–Crippen MR) is 87.8 cm³/mol. The summed E-state index contributed by atoms with van der Waals surface area (Å²) in [7, 11) is 0. The first kappa shape index (κ1) is 16.4. The third-order valence-corrected chi connectivity index (χ3v) is 4.46. The van der Waals surface area contributed by atoms with Gasteiger partial charge in [0.2, 0.25) is 11.9 Å². The lowest BCUT2D eigenvalue weighted by Crippen LogP contribution is -2.45. The summed E-state index contributed by atoms with van der Waals surface area (Å²) in [6, 6.07) is 3.81. The minimum atomic E-state index is -0.955. The van der Waals surface area contributed by atoms with Crippen LogP contribution in [0.4, 0.5) is 5.95 Å². The number of aliphatic hydroxyl groups is 1. The topological polar surface area (TPSA) is 121 Å². The molecule has 8 nitrogen and oxygen atoms in total. The third-order valence-electron chi connectivity index (χ3n) is 4.46. The molecule has 2 aromatic heterocycles. The Morgan fingerprint density at radius 1 is 1.42 bits per heavy atom. The van der Waals surface area contributed by atoms with E-state index >= 15 is 0 Å². The average molecular weight is 330 g/mol. The van der Waals surface area contributed by atoms with E-state index in [1.54, 1.807) is 11.1 Å². The number of aromatic amines is 1. The second-order valence-corrected chi connectivity index (χ2v) is 6.27. The number of hydrogen-bond donors (Lipinski definition) is 3. The molecule has 0 saturated carbocycles. The van der Waals surface area contributed by atoms with E-state index in [-0.39, 0.29) is 11.9 Å². The van der Waals surface area contributed by atoms with Crippen LogP contribution in [0.2, 0.25) is 0 Å². The minimum Gasteiger partial charge on any atom is -0.383 e. The van der Waals surface area contributed by atoms with Crippen LogP contribution in [-0.2, 0) is 16.8 Å². The highest BCUT2D eigenvalue weighted by Crippen LogP contribution is 2.31. The molecule has 1 amide bonds. The van der Waals surface area contributed by atoms with Crippen molar-refractivity contribution in [3.8, 4) is 0 Å². The Labute approximate surface area is 140 Å². The Hall–Kier alpha value is -2.48. The van der Waals surface area contributed by atoms with Crippen LogP contribution in [0.1, 0.15) is 36.3 Å². The zero-order valence-electron chi connectivity index (χ0n) is 13.7. The minimum absolute atomic E-state index is 0.0453. The Morgan fingerprint density at radius 2 is 2.17 bits per heavy atom. The van der Waals surface area contributed by atoms with Crippen molar-refractivity contribution in [2.24, 2.45) is 0 Å². The molecule has 128 valence electrons. The number of hydrogen-bond acceptors (Lipinski definition) is 6. The third kappa shape index (κ3) is 3.53. The van der Waals surface area contributed by atoms with Crippen LogP contribution in [0.15, 0.2) is 18.3 Å². The van der Waals surface area contributed by atoms with Crippen LogP contribution in [0.25, 0.3) is 0 Å². The maximum absolute atomic E-state index is 12.3. The summed E-state index contributed by atoms with van der Waals surface area (Å²) in [6.45, 7) is 3.00. The number of nitrogen functional groups attached to an aromatic ring is 1. The summed E-state index contributed by atoms with van der Waals surface area (Å²) < 4.78 is 0. The van der Waals surface area contributed by atoms with Gasteiger partial charge in [-0.25, -0.2) is 0 Å². The Morgan fingerprint density at radius 3 is 2.75 bits per heavy atom. The van der Waals surface area contributed by atoms with Crippen LogP contribution >= 0.6 is 0 Å². The van der Waals surface area contributed by atoms with Crippen LogP contribution in [0.5, 0.6) is 0 Å². The second-order valence-electron chi connectivity index (χ2n) is 6.27. The number of nitrogens with zero attached hydrogens (tertiary/aromatic N) is 4. The van der Waals surface area contributed by atoms with Crippen LogP contribution < -0.4 is 5.73 Å². The summed E-state index contributed by atoms with van der Waals surface area (Å²) in [4.78, 5) is 22.4. The van der Waals surface area contributed by atoms with Gasteiger partial charge in [-0.05, 0) is 31.4 Å². The molecule has 1 aliphatic heterocycles. The normalized spacial score (nSPS) is 17.0. The number of carbonyl (C=O) groups excluding carboxylic acids is 1. The van der Waals surface area contributed by atoms with Gasteiger partial charge in [0.25, 0.3) is 0 Å². The first-order valence-electron chi connectivity index (χ1n) is 8.06. The van der Waals surface area contributed by atoms with Gasteiger partial charge in [-0.3, -0.25) is 14.9 Å². The number of aromatic nitrogens is 4. The first-order valence-corrected chi connectivity index (χ1v) is 8.06. The molecular formula is C16H22N6O2. The van der Waals surface area contributed by atoms with Gasteiger partial charge in [0, 0.05) is 32.1 Å². The van der Waals surface area contributed by atoms with Gasteiger partial charge in [-0.1, -0.05) is 6.07 Å². The number of H-pyrrole nitrogens is 1. The van der Waals surface area contributed by atoms with Gasteiger partial charge in [-0.2, -0.15) is 4.98 Å². The lowest BCUT2D eigenvalue weighted by Gasteiger charge is -2.37. The molecule has 0 aliphatic carbocycles. The maximum Gasteiger partial charge on any atom is 0.239 e. The average Bonchev–Trinajstić information content (AvgIpc) is 2.99. The highest BCUT2D eigenvalue weighted by atomic mass is 16.3. The summed E-state index contributed by atoms with van der Waals surface area (Å²) in [5.41, 5.74) is 6.22. The van der Waals surface area contributed by atoms with Crippen molar-refractivity contribution in [3.05, 3.63) is 35.4 Å². The maximum atomic E-state index is 12.3. The summed E-state index contributed by atoms with van der Waals surface area (Å²) in [5.74, 6) is 0.841. The lowest BCUT2D eigenvalue weighted by molar-refractivity contribution is -0.135. The second kappa shape index (κ2) is 6.56. The molecule has 0 unspecified atom stereocenters. The number of aryl methyl sites for hydroxylation is 2. The van der Waals surface area contributed by atoms with Gasteiger partial charge in [0.05, 0.1) is 5.69 Å². The molecule has 3 rings (SSSR count). The molecule has 8 heteroatoms. The van der Waals surface area contributed by atoms with Crippen molar-refractivity contribution in [2.75, 3.05) is 18.8 Å². The van der Waals surface area contributed by atoms with Crippen LogP contribution in [0.3, 0.4) is 0 Å². The molecule has 0 spiro atoms. The fourth-order valence-corrected chi connectivity index (χ4v) is 2.93. The van der Waals surface area contributed by atoms with E-state index in [0.29, 0.717) is 50.3 Å². The van der Waals surface area contributed by atoms with E-state index in [4.69, 9.17) is 5.73 Å². The van der Waals surface area contributed by atoms with Crippen molar-refractivity contribution >= 4 is 11.9 Å². The lowest BCUT2D eigenvalue weighted by atomic mass is 9.87.